The van der Waals surface area contributed by atoms with Crippen molar-refractivity contribution in [2.75, 3.05) is 23.7 Å². The van der Waals surface area contributed by atoms with E-state index in [4.69, 9.17) is 11.6 Å². The van der Waals surface area contributed by atoms with Crippen LogP contribution in [0.15, 0.2) is 24.3 Å². The number of halogens is 1. The van der Waals surface area contributed by atoms with Gasteiger partial charge in [0.1, 0.15) is 6.04 Å². The standard InChI is InChI=1S/C16H23ClN2O3S/c1-13(16(20)18-10-5-3-4-6-11-18)19(23(2,21)22)15-9-7-8-14(17)12-15/h7-9,12-13H,3-6,10-11H2,1-2H3/t13-/m0/s1. The summed E-state index contributed by atoms with van der Waals surface area (Å²) in [4.78, 5) is 14.6. The maximum absolute atomic E-state index is 12.8. The molecule has 7 heteroatoms. The first-order chi connectivity index (χ1) is 10.8. The van der Waals surface area contributed by atoms with Crippen LogP contribution in [-0.2, 0) is 14.8 Å². The molecule has 1 saturated heterocycles. The molecule has 1 heterocycles. The van der Waals surface area contributed by atoms with E-state index in [9.17, 15) is 13.2 Å². The first-order valence-corrected chi connectivity index (χ1v) is 10.1. The normalized spacial score (nSPS) is 17.4. The van der Waals surface area contributed by atoms with Gasteiger partial charge in [0.2, 0.25) is 15.9 Å². The number of hydrogen-bond acceptors (Lipinski definition) is 3. The summed E-state index contributed by atoms with van der Waals surface area (Å²) in [6.07, 6.45) is 5.27. The van der Waals surface area contributed by atoms with Crippen LogP contribution in [0.25, 0.3) is 0 Å². The summed E-state index contributed by atoms with van der Waals surface area (Å²) in [7, 11) is -3.60. The molecule has 1 aliphatic rings. The van der Waals surface area contributed by atoms with Crippen molar-refractivity contribution in [2.24, 2.45) is 0 Å². The number of carbonyl (C=O) groups excluding carboxylic acids is 1. The molecule has 1 aromatic carbocycles. The molecular formula is C16H23ClN2O3S. The Kier molecular flexibility index (Phi) is 5.92. The smallest absolute Gasteiger partial charge is 0.246 e. The number of likely N-dealkylation sites (tertiary alicyclic amines) is 1. The van der Waals surface area contributed by atoms with Gasteiger partial charge in [0.25, 0.3) is 0 Å². The first-order valence-electron chi connectivity index (χ1n) is 7.84. The van der Waals surface area contributed by atoms with Gasteiger partial charge in [-0.1, -0.05) is 30.5 Å². The molecule has 1 fully saturated rings. The van der Waals surface area contributed by atoms with Crippen molar-refractivity contribution in [3.63, 3.8) is 0 Å². The van der Waals surface area contributed by atoms with Crippen molar-refractivity contribution >= 4 is 33.2 Å². The van der Waals surface area contributed by atoms with Gasteiger partial charge in [0.15, 0.2) is 0 Å². The van der Waals surface area contributed by atoms with Gasteiger partial charge in [0, 0.05) is 18.1 Å². The second-order valence-corrected chi connectivity index (χ2v) is 8.25. The molecule has 0 aliphatic carbocycles. The van der Waals surface area contributed by atoms with Crippen molar-refractivity contribution in [1.82, 2.24) is 4.90 Å². The number of carbonyl (C=O) groups is 1. The van der Waals surface area contributed by atoms with Gasteiger partial charge >= 0.3 is 0 Å². The van der Waals surface area contributed by atoms with Crippen molar-refractivity contribution < 1.29 is 13.2 Å². The van der Waals surface area contributed by atoms with Crippen LogP contribution < -0.4 is 4.31 Å². The Labute approximate surface area is 143 Å². The number of hydrogen-bond donors (Lipinski definition) is 0. The van der Waals surface area contributed by atoms with E-state index in [1.54, 1.807) is 36.1 Å². The Morgan fingerprint density at radius 3 is 2.35 bits per heavy atom. The highest BCUT2D eigenvalue weighted by molar-refractivity contribution is 7.92. The van der Waals surface area contributed by atoms with E-state index in [1.165, 1.54) is 0 Å². The van der Waals surface area contributed by atoms with Crippen LogP contribution in [0.1, 0.15) is 32.6 Å². The third kappa shape index (κ3) is 4.61. The van der Waals surface area contributed by atoms with E-state index in [0.29, 0.717) is 23.8 Å². The summed E-state index contributed by atoms with van der Waals surface area (Å²) >= 11 is 5.98. The zero-order chi connectivity index (χ0) is 17.0. The third-order valence-corrected chi connectivity index (χ3v) is 5.52. The second kappa shape index (κ2) is 7.53. The molecule has 0 bridgehead atoms. The lowest BCUT2D eigenvalue weighted by Gasteiger charge is -2.32. The minimum Gasteiger partial charge on any atom is -0.341 e. The Hall–Kier alpha value is -1.27. The van der Waals surface area contributed by atoms with Gasteiger partial charge in [-0.25, -0.2) is 8.42 Å². The molecule has 0 spiro atoms. The predicted molar refractivity (Wildman–Crippen MR) is 93.3 cm³/mol. The van der Waals surface area contributed by atoms with E-state index < -0.39 is 16.1 Å². The topological polar surface area (TPSA) is 57.7 Å². The molecule has 1 atom stereocenters. The monoisotopic (exact) mass is 358 g/mol. The van der Waals surface area contributed by atoms with Crippen LogP contribution in [-0.4, -0.2) is 44.6 Å². The largest absolute Gasteiger partial charge is 0.341 e. The number of nitrogens with zero attached hydrogens (tertiary/aromatic N) is 2. The van der Waals surface area contributed by atoms with Crippen LogP contribution in [0.2, 0.25) is 5.02 Å². The van der Waals surface area contributed by atoms with Crippen LogP contribution in [0.4, 0.5) is 5.69 Å². The van der Waals surface area contributed by atoms with Crippen LogP contribution in [0, 0.1) is 0 Å². The summed E-state index contributed by atoms with van der Waals surface area (Å²) in [5.74, 6) is -0.155. The lowest BCUT2D eigenvalue weighted by molar-refractivity contribution is -0.131. The second-order valence-electron chi connectivity index (χ2n) is 5.95. The van der Waals surface area contributed by atoms with Crippen molar-refractivity contribution in [2.45, 2.75) is 38.6 Å². The van der Waals surface area contributed by atoms with Gasteiger partial charge in [-0.15, -0.1) is 0 Å². The molecule has 2 rings (SSSR count). The lowest BCUT2D eigenvalue weighted by atomic mass is 10.2. The molecule has 0 radical (unpaired) electrons. The van der Waals surface area contributed by atoms with E-state index in [1.807, 2.05) is 0 Å². The maximum Gasteiger partial charge on any atom is 0.246 e. The number of benzene rings is 1. The van der Waals surface area contributed by atoms with Gasteiger partial charge in [0.05, 0.1) is 11.9 Å². The van der Waals surface area contributed by atoms with Gasteiger partial charge in [-0.05, 0) is 38.0 Å². The fourth-order valence-corrected chi connectivity index (χ4v) is 4.32. The summed E-state index contributed by atoms with van der Waals surface area (Å²) in [5, 5.41) is 0.436. The Morgan fingerprint density at radius 1 is 1.22 bits per heavy atom. The van der Waals surface area contributed by atoms with Crippen molar-refractivity contribution in [3.05, 3.63) is 29.3 Å². The van der Waals surface area contributed by atoms with Crippen LogP contribution >= 0.6 is 11.6 Å². The molecule has 0 unspecified atom stereocenters. The number of amides is 1. The average Bonchev–Trinajstić information content (AvgIpc) is 2.74. The zero-order valence-electron chi connectivity index (χ0n) is 13.5. The summed E-state index contributed by atoms with van der Waals surface area (Å²) in [5.41, 5.74) is 0.413. The predicted octanol–water partition coefficient (Wildman–Crippen LogP) is 2.90. The van der Waals surface area contributed by atoms with Gasteiger partial charge in [-0.3, -0.25) is 9.10 Å². The van der Waals surface area contributed by atoms with Crippen molar-refractivity contribution in [1.29, 1.82) is 0 Å². The SMILES string of the molecule is C[C@@H](C(=O)N1CCCCCC1)N(c1cccc(Cl)c1)S(C)(=O)=O. The fourth-order valence-electron chi connectivity index (χ4n) is 2.97. The number of anilines is 1. The number of sulfonamides is 1. The molecule has 1 aliphatic heterocycles. The van der Waals surface area contributed by atoms with E-state index in [0.717, 1.165) is 36.2 Å². The molecule has 5 nitrogen and oxygen atoms in total. The van der Waals surface area contributed by atoms with Crippen LogP contribution in [0.5, 0.6) is 0 Å². The molecule has 1 amide bonds. The van der Waals surface area contributed by atoms with E-state index in [-0.39, 0.29) is 5.91 Å². The highest BCUT2D eigenvalue weighted by atomic mass is 35.5. The molecule has 23 heavy (non-hydrogen) atoms. The molecule has 0 N–H and O–H groups in total. The highest BCUT2D eigenvalue weighted by Gasteiger charge is 2.32. The summed E-state index contributed by atoms with van der Waals surface area (Å²) in [6.45, 7) is 3.02. The lowest BCUT2D eigenvalue weighted by Crippen LogP contribution is -2.49. The van der Waals surface area contributed by atoms with Gasteiger partial charge in [-0.2, -0.15) is 0 Å². The fraction of sp³-hybridized carbons (Fsp3) is 0.562. The molecule has 128 valence electrons. The molecule has 0 saturated carbocycles. The minimum atomic E-state index is -3.60. The quantitative estimate of drug-likeness (QED) is 0.831. The Balaban J connectivity index is 2.30. The molecule has 1 aromatic rings. The minimum absolute atomic E-state index is 0.155. The summed E-state index contributed by atoms with van der Waals surface area (Å²) in [6, 6.07) is 5.78. The van der Waals surface area contributed by atoms with Gasteiger partial charge < -0.3 is 4.90 Å². The zero-order valence-corrected chi connectivity index (χ0v) is 15.1. The highest BCUT2D eigenvalue weighted by Crippen LogP contribution is 2.25. The Morgan fingerprint density at radius 2 is 1.83 bits per heavy atom. The molecular weight excluding hydrogens is 336 g/mol. The first kappa shape index (κ1) is 18.1. The Bertz CT molecular complexity index is 655. The average molecular weight is 359 g/mol. The van der Waals surface area contributed by atoms with Crippen molar-refractivity contribution in [3.8, 4) is 0 Å². The van der Waals surface area contributed by atoms with E-state index in [2.05, 4.69) is 0 Å². The maximum atomic E-state index is 12.8. The van der Waals surface area contributed by atoms with Crippen LogP contribution in [0.3, 0.4) is 0 Å². The third-order valence-electron chi connectivity index (χ3n) is 4.05. The summed E-state index contributed by atoms with van der Waals surface area (Å²) < 4.78 is 25.7. The number of rotatable bonds is 4. The molecule has 0 aromatic heterocycles. The van der Waals surface area contributed by atoms with E-state index >= 15 is 0 Å².